The Labute approximate surface area is 168 Å². The molecule has 0 aliphatic carbocycles. The molecule has 5 aromatic rings. The predicted octanol–water partition coefficient (Wildman–Crippen LogP) is 4.57. The van der Waals surface area contributed by atoms with Gasteiger partial charge in [0.15, 0.2) is 5.65 Å². The lowest BCUT2D eigenvalue weighted by Gasteiger charge is -2.08. The summed E-state index contributed by atoms with van der Waals surface area (Å²) in [4.78, 5) is 9.35. The van der Waals surface area contributed by atoms with Crippen LogP contribution in [0.4, 0.5) is 0 Å². The molecule has 0 saturated heterocycles. The normalized spacial score (nSPS) is 11.4. The first-order valence-electron chi connectivity index (χ1n) is 9.58. The lowest BCUT2D eigenvalue weighted by molar-refractivity contribution is 0.290. The zero-order chi connectivity index (χ0) is 20.0. The van der Waals surface area contributed by atoms with E-state index in [-0.39, 0.29) is 0 Å². The Morgan fingerprint density at radius 1 is 0.966 bits per heavy atom. The standard InChI is InChI=1S/C23H21N5O/c1-15-7-9-19(10-8-15)28-23-22(17(3)26-28)16(2)12-21(25-23)29-14-18-13-27-11-5-4-6-20(27)24-18/h4-13H,14H2,1-3H3. The zero-order valence-electron chi connectivity index (χ0n) is 16.6. The SMILES string of the molecule is Cc1ccc(-n2nc(C)c3c(C)cc(OCc4cn5ccccc5n4)nc32)cc1. The quantitative estimate of drug-likeness (QED) is 0.456. The minimum absolute atomic E-state index is 0.358. The number of imidazole rings is 1. The van der Waals surface area contributed by atoms with E-state index < -0.39 is 0 Å². The van der Waals surface area contributed by atoms with Crippen LogP contribution in [0.5, 0.6) is 5.88 Å². The second-order valence-corrected chi connectivity index (χ2v) is 7.30. The van der Waals surface area contributed by atoms with Gasteiger partial charge in [0.1, 0.15) is 12.3 Å². The monoisotopic (exact) mass is 383 g/mol. The highest BCUT2D eigenvalue weighted by Crippen LogP contribution is 2.27. The lowest BCUT2D eigenvalue weighted by atomic mass is 10.1. The highest BCUT2D eigenvalue weighted by molar-refractivity contribution is 5.84. The maximum absolute atomic E-state index is 6.00. The van der Waals surface area contributed by atoms with Crippen molar-refractivity contribution in [2.24, 2.45) is 0 Å². The van der Waals surface area contributed by atoms with Crippen LogP contribution in [-0.4, -0.2) is 24.1 Å². The molecule has 4 heterocycles. The van der Waals surface area contributed by atoms with E-state index in [2.05, 4.69) is 43.1 Å². The van der Waals surface area contributed by atoms with Crippen molar-refractivity contribution in [3.8, 4) is 11.6 Å². The first kappa shape index (κ1) is 17.4. The Morgan fingerprint density at radius 3 is 2.59 bits per heavy atom. The van der Waals surface area contributed by atoms with Crippen molar-refractivity contribution < 1.29 is 4.74 Å². The maximum atomic E-state index is 6.00. The van der Waals surface area contributed by atoms with Crippen LogP contribution in [-0.2, 0) is 6.61 Å². The number of pyridine rings is 2. The second-order valence-electron chi connectivity index (χ2n) is 7.30. The average Bonchev–Trinajstić information content (AvgIpc) is 3.28. The van der Waals surface area contributed by atoms with Crippen LogP contribution in [0.1, 0.15) is 22.5 Å². The van der Waals surface area contributed by atoms with E-state index >= 15 is 0 Å². The van der Waals surface area contributed by atoms with Crippen molar-refractivity contribution in [1.82, 2.24) is 24.1 Å². The number of benzene rings is 1. The fourth-order valence-electron chi connectivity index (χ4n) is 3.62. The summed E-state index contributed by atoms with van der Waals surface area (Å²) in [6.07, 6.45) is 3.95. The van der Waals surface area contributed by atoms with E-state index in [0.29, 0.717) is 12.5 Å². The number of hydrogen-bond acceptors (Lipinski definition) is 4. The van der Waals surface area contributed by atoms with Crippen molar-refractivity contribution >= 4 is 16.7 Å². The van der Waals surface area contributed by atoms with Gasteiger partial charge < -0.3 is 9.14 Å². The van der Waals surface area contributed by atoms with Crippen LogP contribution in [0.2, 0.25) is 0 Å². The van der Waals surface area contributed by atoms with Gasteiger partial charge >= 0.3 is 0 Å². The molecule has 6 heteroatoms. The van der Waals surface area contributed by atoms with Crippen molar-refractivity contribution in [1.29, 1.82) is 0 Å². The molecule has 0 fully saturated rings. The molecule has 0 bridgehead atoms. The van der Waals surface area contributed by atoms with Crippen LogP contribution in [0, 0.1) is 20.8 Å². The first-order chi connectivity index (χ1) is 14.1. The van der Waals surface area contributed by atoms with E-state index in [1.54, 1.807) is 0 Å². The first-order valence-corrected chi connectivity index (χ1v) is 9.58. The van der Waals surface area contributed by atoms with Gasteiger partial charge in [0.05, 0.1) is 17.1 Å². The molecule has 144 valence electrons. The summed E-state index contributed by atoms with van der Waals surface area (Å²) in [5, 5.41) is 5.78. The Morgan fingerprint density at radius 2 is 1.79 bits per heavy atom. The highest BCUT2D eigenvalue weighted by Gasteiger charge is 2.15. The predicted molar refractivity (Wildman–Crippen MR) is 113 cm³/mol. The molecule has 0 radical (unpaired) electrons. The molecule has 0 aliphatic heterocycles. The van der Waals surface area contributed by atoms with Gasteiger partial charge in [-0.25, -0.2) is 9.67 Å². The molecule has 29 heavy (non-hydrogen) atoms. The third kappa shape index (κ3) is 3.12. The molecule has 1 aromatic carbocycles. The van der Waals surface area contributed by atoms with Crippen molar-refractivity contribution in [3.05, 3.63) is 83.4 Å². The molecule has 0 atom stereocenters. The molecular weight excluding hydrogens is 362 g/mol. The van der Waals surface area contributed by atoms with E-state index in [0.717, 1.165) is 39.3 Å². The van der Waals surface area contributed by atoms with Gasteiger partial charge in [-0.3, -0.25) is 0 Å². The van der Waals surface area contributed by atoms with E-state index in [1.807, 2.05) is 52.7 Å². The number of aromatic nitrogens is 5. The average molecular weight is 383 g/mol. The van der Waals surface area contributed by atoms with E-state index in [1.165, 1.54) is 5.56 Å². The van der Waals surface area contributed by atoms with Gasteiger partial charge in [-0.1, -0.05) is 23.8 Å². The zero-order valence-corrected chi connectivity index (χ0v) is 16.6. The van der Waals surface area contributed by atoms with Gasteiger partial charge in [-0.15, -0.1) is 0 Å². The van der Waals surface area contributed by atoms with E-state index in [9.17, 15) is 0 Å². The third-order valence-corrected chi connectivity index (χ3v) is 5.05. The molecular formula is C23H21N5O. The molecule has 5 rings (SSSR count). The molecule has 0 aliphatic rings. The van der Waals surface area contributed by atoms with Gasteiger partial charge in [0, 0.05) is 23.8 Å². The molecule has 6 nitrogen and oxygen atoms in total. The smallest absolute Gasteiger partial charge is 0.215 e. The van der Waals surface area contributed by atoms with E-state index in [4.69, 9.17) is 14.8 Å². The summed E-state index contributed by atoms with van der Waals surface area (Å²) < 4.78 is 9.87. The van der Waals surface area contributed by atoms with Crippen LogP contribution in [0.3, 0.4) is 0 Å². The molecule has 0 amide bonds. The summed E-state index contributed by atoms with van der Waals surface area (Å²) in [5.74, 6) is 0.570. The Balaban J connectivity index is 1.51. The molecule has 0 N–H and O–H groups in total. The maximum Gasteiger partial charge on any atom is 0.215 e. The fourth-order valence-corrected chi connectivity index (χ4v) is 3.62. The minimum atomic E-state index is 0.358. The number of aryl methyl sites for hydroxylation is 3. The Bertz CT molecular complexity index is 1300. The van der Waals surface area contributed by atoms with Crippen LogP contribution in [0.25, 0.3) is 22.4 Å². The Kier molecular flexibility index (Phi) is 4.05. The summed E-state index contributed by atoms with van der Waals surface area (Å²) in [7, 11) is 0. The van der Waals surface area contributed by atoms with Crippen molar-refractivity contribution in [3.63, 3.8) is 0 Å². The molecule has 4 aromatic heterocycles. The highest BCUT2D eigenvalue weighted by atomic mass is 16.5. The number of fused-ring (bicyclic) bond motifs is 2. The van der Waals surface area contributed by atoms with Crippen molar-refractivity contribution in [2.75, 3.05) is 0 Å². The van der Waals surface area contributed by atoms with Crippen LogP contribution < -0.4 is 4.74 Å². The topological polar surface area (TPSA) is 57.2 Å². The summed E-state index contributed by atoms with van der Waals surface area (Å²) in [5.41, 5.74) is 6.81. The van der Waals surface area contributed by atoms with Crippen LogP contribution >= 0.6 is 0 Å². The van der Waals surface area contributed by atoms with Gasteiger partial charge in [0.25, 0.3) is 0 Å². The third-order valence-electron chi connectivity index (χ3n) is 5.05. The number of ether oxygens (including phenoxy) is 1. The molecule has 0 saturated carbocycles. The second kappa shape index (κ2) is 6.74. The fraction of sp³-hybridized carbons (Fsp3) is 0.174. The molecule has 0 spiro atoms. The number of nitrogens with zero attached hydrogens (tertiary/aromatic N) is 5. The summed E-state index contributed by atoms with van der Waals surface area (Å²) in [6.45, 7) is 6.51. The summed E-state index contributed by atoms with van der Waals surface area (Å²) >= 11 is 0. The molecule has 0 unspecified atom stereocenters. The van der Waals surface area contributed by atoms with Crippen molar-refractivity contribution in [2.45, 2.75) is 27.4 Å². The van der Waals surface area contributed by atoms with Gasteiger partial charge in [-0.05, 0) is 50.6 Å². The Hall–Kier alpha value is -3.67. The van der Waals surface area contributed by atoms with Crippen LogP contribution in [0.15, 0.2) is 60.9 Å². The number of hydrogen-bond donors (Lipinski definition) is 0. The van der Waals surface area contributed by atoms with Gasteiger partial charge in [0.2, 0.25) is 5.88 Å². The minimum Gasteiger partial charge on any atom is -0.471 e. The van der Waals surface area contributed by atoms with Gasteiger partial charge in [-0.2, -0.15) is 10.1 Å². The largest absolute Gasteiger partial charge is 0.471 e. The lowest BCUT2D eigenvalue weighted by Crippen LogP contribution is -2.01. The number of rotatable bonds is 4. The summed E-state index contributed by atoms with van der Waals surface area (Å²) in [6, 6.07) is 16.2.